The van der Waals surface area contributed by atoms with Crippen LogP contribution in [0.2, 0.25) is 0 Å². The van der Waals surface area contributed by atoms with E-state index in [1.165, 1.54) is 35.2 Å². The van der Waals surface area contributed by atoms with Gasteiger partial charge in [-0.2, -0.15) is 0 Å². The van der Waals surface area contributed by atoms with E-state index < -0.39 is 0 Å². The van der Waals surface area contributed by atoms with Crippen molar-refractivity contribution in [3.8, 4) is 11.5 Å². The Labute approximate surface area is 142 Å². The van der Waals surface area contributed by atoms with Gasteiger partial charge < -0.3 is 14.4 Å². The second-order valence-electron chi connectivity index (χ2n) is 6.48. The third-order valence-corrected chi connectivity index (χ3v) is 5.12. The Kier molecular flexibility index (Phi) is 4.00. The second-order valence-corrected chi connectivity index (χ2v) is 6.48. The summed E-state index contributed by atoms with van der Waals surface area (Å²) in [6, 6.07) is 4.22. The Bertz CT molecular complexity index is 761. The van der Waals surface area contributed by atoms with Crippen molar-refractivity contribution in [2.75, 3.05) is 25.7 Å². The first kappa shape index (κ1) is 15.2. The lowest BCUT2D eigenvalue weighted by Crippen LogP contribution is -2.32. The third kappa shape index (κ3) is 2.58. The van der Waals surface area contributed by atoms with E-state index in [0.29, 0.717) is 0 Å². The number of rotatable bonds is 3. The minimum absolute atomic E-state index is 0.794. The molecule has 1 aliphatic heterocycles. The smallest absolute Gasteiger partial charge is 0.161 e. The van der Waals surface area contributed by atoms with Crippen molar-refractivity contribution in [2.24, 2.45) is 0 Å². The molecule has 0 unspecified atom stereocenters. The number of aryl methyl sites for hydroxylation is 1. The van der Waals surface area contributed by atoms with Gasteiger partial charge in [0.25, 0.3) is 0 Å². The maximum atomic E-state index is 5.46. The number of aromatic nitrogens is 2. The van der Waals surface area contributed by atoms with Gasteiger partial charge in [-0.15, -0.1) is 0 Å². The molecule has 4 rings (SSSR count). The van der Waals surface area contributed by atoms with Crippen LogP contribution >= 0.6 is 0 Å². The highest BCUT2D eigenvalue weighted by Gasteiger charge is 2.24. The number of fused-ring (bicyclic) bond motifs is 2. The molecule has 24 heavy (non-hydrogen) atoms. The summed E-state index contributed by atoms with van der Waals surface area (Å²) in [6.45, 7) is 1.84. The molecule has 2 heterocycles. The first-order chi connectivity index (χ1) is 11.8. The van der Waals surface area contributed by atoms with Gasteiger partial charge in [-0.3, -0.25) is 0 Å². The van der Waals surface area contributed by atoms with Gasteiger partial charge in [0.1, 0.15) is 12.1 Å². The van der Waals surface area contributed by atoms with Crippen LogP contribution in [0.25, 0.3) is 0 Å². The number of nitrogens with zero attached hydrogens (tertiary/aromatic N) is 3. The molecule has 0 bridgehead atoms. The first-order valence-electron chi connectivity index (χ1n) is 8.61. The standard InChI is InChI=1S/C19H23N3O2/c1-23-17-9-13-7-8-22(11-14(13)10-18(17)24-2)19-15-5-3-4-6-16(15)20-12-21-19/h9-10,12H,3-8,11H2,1-2H3. The van der Waals surface area contributed by atoms with Crippen LogP contribution in [0.5, 0.6) is 11.5 Å². The fraction of sp³-hybridized carbons (Fsp3) is 0.474. The van der Waals surface area contributed by atoms with E-state index >= 15 is 0 Å². The zero-order valence-electron chi connectivity index (χ0n) is 14.3. The minimum Gasteiger partial charge on any atom is -0.493 e. The van der Waals surface area contributed by atoms with E-state index in [0.717, 1.165) is 49.7 Å². The molecule has 5 nitrogen and oxygen atoms in total. The molecule has 0 saturated carbocycles. The molecule has 0 atom stereocenters. The van der Waals surface area contributed by atoms with Crippen LogP contribution in [0.4, 0.5) is 5.82 Å². The van der Waals surface area contributed by atoms with Crippen LogP contribution in [0, 0.1) is 0 Å². The quantitative estimate of drug-likeness (QED) is 0.868. The lowest BCUT2D eigenvalue weighted by atomic mass is 9.94. The topological polar surface area (TPSA) is 47.5 Å². The molecule has 1 aromatic heterocycles. The molecule has 1 aliphatic carbocycles. The van der Waals surface area contributed by atoms with Crippen molar-refractivity contribution >= 4 is 5.82 Å². The number of anilines is 1. The SMILES string of the molecule is COc1cc2c(cc1OC)CN(c1ncnc3c1CCCC3)CC2. The fourth-order valence-corrected chi connectivity index (χ4v) is 3.84. The van der Waals surface area contributed by atoms with Crippen molar-refractivity contribution in [1.82, 2.24) is 9.97 Å². The van der Waals surface area contributed by atoms with E-state index in [1.807, 2.05) is 0 Å². The highest BCUT2D eigenvalue weighted by Crippen LogP contribution is 2.35. The van der Waals surface area contributed by atoms with Crippen molar-refractivity contribution in [3.05, 3.63) is 40.8 Å². The molecule has 126 valence electrons. The van der Waals surface area contributed by atoms with Crippen molar-refractivity contribution in [2.45, 2.75) is 38.6 Å². The predicted molar refractivity (Wildman–Crippen MR) is 93.0 cm³/mol. The van der Waals surface area contributed by atoms with Gasteiger partial charge in [0.15, 0.2) is 11.5 Å². The van der Waals surface area contributed by atoms with Crippen LogP contribution in [0.15, 0.2) is 18.5 Å². The van der Waals surface area contributed by atoms with Gasteiger partial charge in [0.05, 0.1) is 14.2 Å². The summed E-state index contributed by atoms with van der Waals surface area (Å²) >= 11 is 0. The maximum Gasteiger partial charge on any atom is 0.161 e. The summed E-state index contributed by atoms with van der Waals surface area (Å²) in [5, 5.41) is 0. The Hall–Kier alpha value is -2.30. The predicted octanol–water partition coefficient (Wildman–Crippen LogP) is 2.94. The lowest BCUT2D eigenvalue weighted by Gasteiger charge is -2.32. The van der Waals surface area contributed by atoms with E-state index in [-0.39, 0.29) is 0 Å². The normalized spacial score (nSPS) is 16.3. The molecule has 1 aromatic carbocycles. The fourth-order valence-electron chi connectivity index (χ4n) is 3.84. The first-order valence-corrected chi connectivity index (χ1v) is 8.61. The molecule has 0 radical (unpaired) electrons. The van der Waals surface area contributed by atoms with Crippen molar-refractivity contribution in [3.63, 3.8) is 0 Å². The van der Waals surface area contributed by atoms with Crippen LogP contribution in [-0.2, 0) is 25.8 Å². The highest BCUT2D eigenvalue weighted by molar-refractivity contribution is 5.55. The van der Waals surface area contributed by atoms with Gasteiger partial charge in [-0.05, 0) is 55.4 Å². The van der Waals surface area contributed by atoms with Crippen LogP contribution < -0.4 is 14.4 Å². The maximum absolute atomic E-state index is 5.46. The second kappa shape index (κ2) is 6.30. The highest BCUT2D eigenvalue weighted by atomic mass is 16.5. The van der Waals surface area contributed by atoms with E-state index in [4.69, 9.17) is 9.47 Å². The summed E-state index contributed by atoms with van der Waals surface area (Å²) in [4.78, 5) is 11.5. The number of ether oxygens (including phenoxy) is 2. The zero-order valence-corrected chi connectivity index (χ0v) is 14.3. The number of hydrogen-bond donors (Lipinski definition) is 0. The van der Waals surface area contributed by atoms with Gasteiger partial charge in [-0.25, -0.2) is 9.97 Å². The van der Waals surface area contributed by atoms with E-state index in [1.54, 1.807) is 20.5 Å². The molecular weight excluding hydrogens is 302 g/mol. The summed E-state index contributed by atoms with van der Waals surface area (Å²) in [5.74, 6) is 2.73. The third-order valence-electron chi connectivity index (χ3n) is 5.12. The number of hydrogen-bond acceptors (Lipinski definition) is 5. The Balaban J connectivity index is 1.67. The monoisotopic (exact) mass is 325 g/mol. The molecule has 0 N–H and O–H groups in total. The summed E-state index contributed by atoms with van der Waals surface area (Å²) in [5.41, 5.74) is 5.23. The average Bonchev–Trinajstić information content (AvgIpc) is 2.66. The van der Waals surface area contributed by atoms with Crippen molar-refractivity contribution in [1.29, 1.82) is 0 Å². The molecule has 0 fully saturated rings. The molecule has 0 amide bonds. The van der Waals surface area contributed by atoms with Crippen LogP contribution in [0.1, 0.15) is 35.2 Å². The molecule has 2 aliphatic rings. The van der Waals surface area contributed by atoms with Gasteiger partial charge >= 0.3 is 0 Å². The van der Waals surface area contributed by atoms with Crippen LogP contribution in [0.3, 0.4) is 0 Å². The van der Waals surface area contributed by atoms with Crippen molar-refractivity contribution < 1.29 is 9.47 Å². The molecule has 0 spiro atoms. The lowest BCUT2D eigenvalue weighted by molar-refractivity contribution is 0.353. The van der Waals surface area contributed by atoms with Gasteiger partial charge in [0.2, 0.25) is 0 Å². The van der Waals surface area contributed by atoms with E-state index in [9.17, 15) is 0 Å². The molecule has 5 heteroatoms. The summed E-state index contributed by atoms with van der Waals surface area (Å²) in [6.07, 6.45) is 7.38. The largest absolute Gasteiger partial charge is 0.493 e. The number of methoxy groups -OCH3 is 2. The minimum atomic E-state index is 0.794. The number of benzene rings is 1. The molecule has 0 saturated heterocycles. The van der Waals surface area contributed by atoms with E-state index in [2.05, 4.69) is 27.0 Å². The average molecular weight is 325 g/mol. The zero-order chi connectivity index (χ0) is 16.5. The van der Waals surface area contributed by atoms with Crippen LogP contribution in [-0.4, -0.2) is 30.7 Å². The Morgan fingerprint density at radius 3 is 2.46 bits per heavy atom. The molecular formula is C19H23N3O2. The summed E-state index contributed by atoms with van der Waals surface area (Å²) < 4.78 is 10.9. The Morgan fingerprint density at radius 2 is 1.67 bits per heavy atom. The Morgan fingerprint density at radius 1 is 0.917 bits per heavy atom. The summed E-state index contributed by atoms with van der Waals surface area (Å²) in [7, 11) is 3.37. The van der Waals surface area contributed by atoms with Gasteiger partial charge in [-0.1, -0.05) is 0 Å². The van der Waals surface area contributed by atoms with Gasteiger partial charge in [0, 0.05) is 24.3 Å². The molecule has 2 aromatic rings.